The van der Waals surface area contributed by atoms with Crippen LogP contribution in [0.25, 0.3) is 33.1 Å². The molecule has 0 radical (unpaired) electrons. The summed E-state index contributed by atoms with van der Waals surface area (Å²) < 4.78 is 7.16. The maximum atomic E-state index is 7.16. The molecular weight excluding hydrogens is 1020 g/mol. The van der Waals surface area contributed by atoms with Gasteiger partial charge in [0.1, 0.15) is 5.58 Å². The van der Waals surface area contributed by atoms with Gasteiger partial charge in [0.05, 0.1) is 22.5 Å². The van der Waals surface area contributed by atoms with Gasteiger partial charge in [-0.15, -0.1) is 0 Å². The van der Waals surface area contributed by atoms with E-state index in [1.54, 1.807) is 0 Å². The molecule has 2 fully saturated rings. The number of hydrogen-bond acceptors (Lipinski definition) is 5. The van der Waals surface area contributed by atoms with Crippen molar-refractivity contribution in [2.24, 2.45) is 0 Å². The van der Waals surface area contributed by atoms with Crippen LogP contribution in [0.5, 0.6) is 0 Å². The first-order valence-corrected chi connectivity index (χ1v) is 31.4. The Morgan fingerprint density at radius 1 is 0.405 bits per heavy atom. The van der Waals surface area contributed by atoms with E-state index in [1.807, 2.05) is 0 Å². The zero-order valence-corrected chi connectivity index (χ0v) is 50.8. The highest BCUT2D eigenvalue weighted by Crippen LogP contribution is 2.64. The molecule has 0 N–H and O–H groups in total. The van der Waals surface area contributed by atoms with Gasteiger partial charge in [0.2, 0.25) is 0 Å². The van der Waals surface area contributed by atoms with E-state index in [1.165, 1.54) is 133 Å². The van der Waals surface area contributed by atoms with Gasteiger partial charge in [-0.3, -0.25) is 0 Å². The summed E-state index contributed by atoms with van der Waals surface area (Å²) in [4.78, 5) is 11.0. The van der Waals surface area contributed by atoms with Gasteiger partial charge in [-0.25, -0.2) is 0 Å². The van der Waals surface area contributed by atoms with Gasteiger partial charge in [0.25, 0.3) is 6.71 Å². The average molecular weight is 1100 g/mol. The molecule has 5 heterocycles. The van der Waals surface area contributed by atoms with Gasteiger partial charge < -0.3 is 24.0 Å². The molecule has 9 aromatic carbocycles. The van der Waals surface area contributed by atoms with Crippen LogP contribution in [0, 0.1) is 0 Å². The van der Waals surface area contributed by atoms with Crippen LogP contribution in [-0.2, 0) is 21.7 Å². The van der Waals surface area contributed by atoms with Gasteiger partial charge in [0, 0.05) is 72.7 Å². The van der Waals surface area contributed by atoms with Crippen molar-refractivity contribution in [2.75, 3.05) is 19.6 Å². The molecule has 2 aliphatic carbocycles. The van der Waals surface area contributed by atoms with Crippen LogP contribution in [-0.4, -0.2) is 17.8 Å². The summed E-state index contributed by atoms with van der Waals surface area (Å²) in [5.41, 5.74) is 25.4. The van der Waals surface area contributed by atoms with E-state index in [2.05, 4.69) is 277 Å². The quantitative estimate of drug-likeness (QED) is 0.160. The Hall–Kier alpha value is -7.96. The lowest BCUT2D eigenvalue weighted by atomic mass is 9.33. The fourth-order valence-electron chi connectivity index (χ4n) is 17.4. The summed E-state index contributed by atoms with van der Waals surface area (Å²) in [6.45, 7) is 24.3. The first-order valence-electron chi connectivity index (χ1n) is 31.4. The highest BCUT2D eigenvalue weighted by Gasteiger charge is 2.60. The minimum absolute atomic E-state index is 0.00603. The first kappa shape index (κ1) is 51.7. The summed E-state index contributed by atoms with van der Waals surface area (Å²) in [5, 5.41) is 2.26. The topological polar surface area (TPSA) is 26.1 Å². The summed E-state index contributed by atoms with van der Waals surface area (Å²) in [5.74, 6) is 0. The van der Waals surface area contributed by atoms with Gasteiger partial charge in [-0.05, 0) is 161 Å². The Kier molecular flexibility index (Phi) is 10.9. The molecule has 10 aromatic rings. The van der Waals surface area contributed by atoms with Crippen molar-refractivity contribution in [1.82, 2.24) is 0 Å². The monoisotopic (exact) mass is 1100 g/mol. The van der Waals surface area contributed by atoms with Crippen LogP contribution < -0.4 is 36.0 Å². The highest BCUT2D eigenvalue weighted by molar-refractivity contribution is 7.00. The third-order valence-corrected chi connectivity index (χ3v) is 22.3. The van der Waals surface area contributed by atoms with Crippen molar-refractivity contribution in [1.29, 1.82) is 0 Å². The Morgan fingerprint density at radius 3 is 1.56 bits per heavy atom. The summed E-state index contributed by atoms with van der Waals surface area (Å²) in [6.07, 6.45) is 9.46. The summed E-state index contributed by atoms with van der Waals surface area (Å²) in [7, 11) is 0. The average Bonchev–Trinajstić information content (AvgIpc) is 1.23. The molecular formula is C78H77BN4O. The Bertz CT molecular complexity index is 4370. The Morgan fingerprint density at radius 2 is 0.905 bits per heavy atom. The molecule has 4 unspecified atom stereocenters. The lowest BCUT2D eigenvalue weighted by Crippen LogP contribution is -2.62. The van der Waals surface area contributed by atoms with Crippen LogP contribution >= 0.6 is 0 Å². The fourth-order valence-corrected chi connectivity index (χ4v) is 17.4. The molecule has 84 heavy (non-hydrogen) atoms. The Balaban J connectivity index is 1.06. The van der Waals surface area contributed by atoms with Crippen molar-refractivity contribution in [3.05, 3.63) is 210 Å². The number of benzene rings is 9. The zero-order chi connectivity index (χ0) is 57.5. The number of hydrogen-bond donors (Lipinski definition) is 0. The molecule has 4 atom stereocenters. The second-order valence-electron chi connectivity index (χ2n) is 28.7. The zero-order valence-electron chi connectivity index (χ0n) is 50.8. The van der Waals surface area contributed by atoms with Gasteiger partial charge in [-0.1, -0.05) is 202 Å². The smallest absolute Gasteiger partial charge is 0.252 e. The summed E-state index contributed by atoms with van der Waals surface area (Å²) >= 11 is 0. The van der Waals surface area contributed by atoms with Crippen molar-refractivity contribution in [3.8, 4) is 11.1 Å². The molecule has 4 aliphatic heterocycles. The van der Waals surface area contributed by atoms with E-state index in [0.29, 0.717) is 0 Å². The van der Waals surface area contributed by atoms with Crippen LogP contribution in [0.4, 0.5) is 56.9 Å². The third-order valence-electron chi connectivity index (χ3n) is 22.3. The second-order valence-corrected chi connectivity index (χ2v) is 28.7. The predicted molar refractivity (Wildman–Crippen MR) is 356 cm³/mol. The van der Waals surface area contributed by atoms with Gasteiger partial charge in [-0.2, -0.15) is 0 Å². The minimum Gasteiger partial charge on any atom is -0.454 e. The Labute approximate surface area is 498 Å². The molecule has 0 saturated heterocycles. The van der Waals surface area contributed by atoms with Crippen molar-refractivity contribution in [3.63, 3.8) is 0 Å². The van der Waals surface area contributed by atoms with Crippen LogP contribution in [0.2, 0.25) is 0 Å². The molecule has 2 saturated carbocycles. The van der Waals surface area contributed by atoms with E-state index in [0.717, 1.165) is 46.9 Å². The third kappa shape index (κ3) is 6.97. The van der Waals surface area contributed by atoms with Crippen molar-refractivity contribution in [2.45, 2.75) is 153 Å². The number of furan rings is 1. The van der Waals surface area contributed by atoms with E-state index in [4.69, 9.17) is 4.42 Å². The molecule has 6 heteroatoms. The van der Waals surface area contributed by atoms with Gasteiger partial charge in [0.15, 0.2) is 5.58 Å². The van der Waals surface area contributed by atoms with Crippen molar-refractivity contribution >= 4 is 102 Å². The number of fused-ring (bicyclic) bond motifs is 13. The fraction of sp³-hybridized carbons (Fsp3) is 0.308. The van der Waals surface area contributed by atoms with E-state index in [-0.39, 0.29) is 39.5 Å². The number of anilines is 10. The molecule has 0 spiro atoms. The molecule has 0 amide bonds. The molecule has 1 aromatic heterocycles. The minimum atomic E-state index is -0.190. The predicted octanol–water partition coefficient (Wildman–Crippen LogP) is 19.4. The molecule has 5 nitrogen and oxygen atoms in total. The largest absolute Gasteiger partial charge is 0.454 e. The molecule has 0 bridgehead atoms. The van der Waals surface area contributed by atoms with Crippen molar-refractivity contribution < 1.29 is 4.42 Å². The van der Waals surface area contributed by atoms with E-state index < -0.39 is 0 Å². The molecule has 418 valence electrons. The summed E-state index contributed by atoms with van der Waals surface area (Å²) in [6, 6.07) is 73.1. The van der Waals surface area contributed by atoms with Crippen LogP contribution in [0.3, 0.4) is 0 Å². The number of rotatable bonds is 5. The normalized spacial score (nSPS) is 23.0. The SMILES string of the molecule is CC(C)(C)c1ccc(N2c3cc(N4c5ccccc5C5(C)CCCCC45C)ccc3B3c4ccc(C(C)(C)C)cc4N(c4cccc5c4oc4ccccc45)c4cc(N5c6ccccc6C6(C)CCCCC56C)cc2c43)c(-c2ccccc2)c1. The number of nitrogens with zero attached hydrogens (tertiary/aromatic N) is 4. The first-order chi connectivity index (χ1) is 40.4. The van der Waals surface area contributed by atoms with Crippen LogP contribution in [0.1, 0.15) is 143 Å². The maximum absolute atomic E-state index is 7.16. The number of para-hydroxylation sites is 4. The lowest BCUT2D eigenvalue weighted by molar-refractivity contribution is 0.195. The van der Waals surface area contributed by atoms with E-state index >= 15 is 0 Å². The standard InChI is InChI=1S/C78H77BN4O/c1-73(2,3)51-36-40-62(57(45-51)50-25-12-11-13-26-50)80-67-47-53(82-63-31-17-15-29-58(63)75(7)41-20-22-43-77(75,82)9)37-39-61(67)79-60-38-35-52(74(4,5)6)46-66(60)81(65-33-24-28-56-55-27-14-19-34-70(55)84-72(56)65)69-49-54(48-68(80)71(69)79)83-64-32-18-16-30-59(64)76(8)42-21-23-44-78(76,83)10/h11-19,24-40,45-49H,20-23,41-44H2,1-10H3. The maximum Gasteiger partial charge on any atom is 0.252 e. The highest BCUT2D eigenvalue weighted by atomic mass is 16.3. The van der Waals surface area contributed by atoms with E-state index in [9.17, 15) is 0 Å². The molecule has 6 aliphatic rings. The van der Waals surface area contributed by atoms with Gasteiger partial charge >= 0.3 is 0 Å². The molecule has 16 rings (SSSR count). The van der Waals surface area contributed by atoms with Crippen LogP contribution in [0.15, 0.2) is 192 Å². The lowest BCUT2D eigenvalue weighted by Gasteiger charge is -2.51. The second kappa shape index (κ2) is 17.8.